The van der Waals surface area contributed by atoms with Gasteiger partial charge < -0.3 is 39.9 Å². The first-order valence-corrected chi connectivity index (χ1v) is 31.5. The van der Waals surface area contributed by atoms with Gasteiger partial charge in [-0.3, -0.25) is 18.6 Å². The highest BCUT2D eigenvalue weighted by molar-refractivity contribution is 7.47. The van der Waals surface area contributed by atoms with Crippen LogP contribution in [0, 0.1) is 0 Å². The van der Waals surface area contributed by atoms with Crippen molar-refractivity contribution in [3.8, 4) is 0 Å². The number of phosphoric acid groups is 1. The van der Waals surface area contributed by atoms with E-state index in [1.54, 1.807) is 0 Å². The maximum Gasteiger partial charge on any atom is 0.472 e. The zero-order valence-electron chi connectivity index (χ0n) is 46.0. The summed E-state index contributed by atoms with van der Waals surface area (Å²) in [5.74, 6) is -1.08. The predicted octanol–water partition coefficient (Wildman–Crippen LogP) is 14.1. The Kier molecular flexibility index (Phi) is 45.7. The Morgan fingerprint density at radius 1 is 0.417 bits per heavy atom. The Hall–Kier alpha value is -1.41. The van der Waals surface area contributed by atoms with Crippen molar-refractivity contribution in [2.45, 2.75) is 333 Å². The standard InChI is InChI=1S/C58H111O13P/c1-3-5-7-9-11-13-15-17-19-21-23-25-27-29-31-33-35-37-39-41-43-45-47-52(60)70-50(49-69-72(66,67)71-58-56(64)54(62)53(61)55(63)57(58)65)48-68-51(59)46-44-42-40-38-36-34-32-30-28-26-24-22-20-18-16-14-12-10-8-6-4-2/h18,20,50,53-58,61-65H,3-17,19,21-49H2,1-2H3,(H,66,67)/b20-18+/t50-,53?,54-,55?,56?,57?,58?/m1/s1. The lowest BCUT2D eigenvalue weighted by atomic mass is 9.85. The van der Waals surface area contributed by atoms with Crippen molar-refractivity contribution in [3.05, 3.63) is 12.2 Å². The van der Waals surface area contributed by atoms with Gasteiger partial charge in [-0.15, -0.1) is 0 Å². The van der Waals surface area contributed by atoms with E-state index in [9.17, 15) is 44.6 Å². The molecule has 1 aliphatic carbocycles. The van der Waals surface area contributed by atoms with Crippen LogP contribution in [0.4, 0.5) is 0 Å². The molecule has 0 aliphatic heterocycles. The zero-order valence-corrected chi connectivity index (χ0v) is 46.9. The Balaban J connectivity index is 2.30. The number of phosphoric ester groups is 1. The van der Waals surface area contributed by atoms with Crippen LogP contribution in [0.15, 0.2) is 12.2 Å². The lowest BCUT2D eigenvalue weighted by Gasteiger charge is -2.41. The highest BCUT2D eigenvalue weighted by Gasteiger charge is 2.51. The number of carbonyl (C=O) groups is 2. The minimum Gasteiger partial charge on any atom is -0.462 e. The minimum absolute atomic E-state index is 0.104. The third-order valence-corrected chi connectivity index (χ3v) is 15.3. The van der Waals surface area contributed by atoms with Gasteiger partial charge in [0.15, 0.2) is 6.10 Å². The monoisotopic (exact) mass is 1050 g/mol. The van der Waals surface area contributed by atoms with E-state index < -0.39 is 75.7 Å². The molecule has 0 aromatic heterocycles. The van der Waals surface area contributed by atoms with E-state index in [1.165, 1.54) is 212 Å². The van der Waals surface area contributed by atoms with E-state index in [0.717, 1.165) is 38.5 Å². The second kappa shape index (κ2) is 48.0. The number of aliphatic hydroxyl groups excluding tert-OH is 5. The van der Waals surface area contributed by atoms with Crippen molar-refractivity contribution in [2.24, 2.45) is 0 Å². The van der Waals surface area contributed by atoms with E-state index in [2.05, 4.69) is 26.0 Å². The molecule has 0 radical (unpaired) electrons. The van der Waals surface area contributed by atoms with Gasteiger partial charge >= 0.3 is 19.8 Å². The number of esters is 2. The van der Waals surface area contributed by atoms with Gasteiger partial charge in [0.1, 0.15) is 43.2 Å². The van der Waals surface area contributed by atoms with Crippen molar-refractivity contribution in [1.82, 2.24) is 0 Å². The number of rotatable bonds is 52. The summed E-state index contributed by atoms with van der Waals surface area (Å²) < 4.78 is 33.8. The second-order valence-corrected chi connectivity index (χ2v) is 22.6. The molecule has 72 heavy (non-hydrogen) atoms. The third kappa shape index (κ3) is 39.0. The van der Waals surface area contributed by atoms with Crippen molar-refractivity contribution in [3.63, 3.8) is 0 Å². The van der Waals surface area contributed by atoms with Crippen molar-refractivity contribution in [2.75, 3.05) is 13.2 Å². The van der Waals surface area contributed by atoms with Crippen LogP contribution in [0.5, 0.6) is 0 Å². The first-order valence-electron chi connectivity index (χ1n) is 30.0. The first-order chi connectivity index (χ1) is 34.9. The number of carbonyl (C=O) groups excluding carboxylic acids is 2. The van der Waals surface area contributed by atoms with Crippen LogP contribution in [-0.4, -0.2) is 98.3 Å². The SMILES string of the molecule is CCCCCCCC/C=C/CCCCCCCCCCCCCC(=O)OC[C@H](COP(=O)(O)OC1C(O)C(O)C(O)[C@@H](O)C1O)OC(=O)CCCCCCCCCCCCCCCCCCCCCCCC. The zero-order chi connectivity index (χ0) is 52.8. The van der Waals surface area contributed by atoms with Gasteiger partial charge in [-0.2, -0.15) is 0 Å². The molecule has 0 amide bonds. The molecule has 0 aromatic rings. The number of aliphatic hydroxyl groups is 5. The van der Waals surface area contributed by atoms with Crippen LogP contribution in [0.2, 0.25) is 0 Å². The van der Waals surface area contributed by atoms with E-state index in [0.29, 0.717) is 12.8 Å². The highest BCUT2D eigenvalue weighted by atomic mass is 31.2. The molecule has 1 aliphatic rings. The van der Waals surface area contributed by atoms with Crippen LogP contribution < -0.4 is 0 Å². The van der Waals surface area contributed by atoms with Gasteiger partial charge in [0.2, 0.25) is 0 Å². The number of allylic oxidation sites excluding steroid dienone is 2. The molecule has 1 rings (SSSR count). The Morgan fingerprint density at radius 2 is 0.708 bits per heavy atom. The fraction of sp³-hybridized carbons (Fsp3) is 0.931. The maximum absolute atomic E-state index is 12.9. The molecular formula is C58H111O13P. The summed E-state index contributed by atoms with van der Waals surface area (Å²) in [6.45, 7) is 3.37. The Labute approximate surface area is 439 Å². The van der Waals surface area contributed by atoms with Gasteiger partial charge in [0, 0.05) is 12.8 Å². The maximum atomic E-state index is 12.9. The van der Waals surface area contributed by atoms with Gasteiger partial charge in [0.25, 0.3) is 0 Å². The van der Waals surface area contributed by atoms with Crippen molar-refractivity contribution < 1.29 is 63.1 Å². The van der Waals surface area contributed by atoms with E-state index >= 15 is 0 Å². The molecule has 0 spiro atoms. The quantitative estimate of drug-likeness (QED) is 0.0145. The molecule has 13 nitrogen and oxygen atoms in total. The molecule has 14 heteroatoms. The molecule has 426 valence electrons. The van der Waals surface area contributed by atoms with E-state index in [4.69, 9.17) is 18.5 Å². The second-order valence-electron chi connectivity index (χ2n) is 21.2. The summed E-state index contributed by atoms with van der Waals surface area (Å²) >= 11 is 0. The largest absolute Gasteiger partial charge is 0.472 e. The molecule has 0 heterocycles. The summed E-state index contributed by atoms with van der Waals surface area (Å²) in [7, 11) is -5.12. The summed E-state index contributed by atoms with van der Waals surface area (Å²) in [5, 5.41) is 50.4. The smallest absolute Gasteiger partial charge is 0.462 e. The van der Waals surface area contributed by atoms with Crippen LogP contribution >= 0.6 is 7.82 Å². The minimum atomic E-state index is -5.12. The lowest BCUT2D eigenvalue weighted by Crippen LogP contribution is -2.64. The average Bonchev–Trinajstić information content (AvgIpc) is 3.36. The van der Waals surface area contributed by atoms with E-state index in [-0.39, 0.29) is 12.8 Å². The summed E-state index contributed by atoms with van der Waals surface area (Å²) in [6.07, 6.45) is 42.6. The number of ether oxygens (including phenoxy) is 2. The molecule has 8 atom stereocenters. The van der Waals surface area contributed by atoms with Crippen LogP contribution in [0.1, 0.15) is 290 Å². The fourth-order valence-corrected chi connectivity index (χ4v) is 10.6. The molecule has 0 saturated heterocycles. The molecule has 6 unspecified atom stereocenters. The molecule has 0 aromatic carbocycles. The Morgan fingerprint density at radius 3 is 1.06 bits per heavy atom. The highest BCUT2D eigenvalue weighted by Crippen LogP contribution is 2.47. The normalized spacial score (nSPS) is 20.5. The third-order valence-electron chi connectivity index (χ3n) is 14.4. The molecule has 1 saturated carbocycles. The van der Waals surface area contributed by atoms with Gasteiger partial charge in [0.05, 0.1) is 6.61 Å². The van der Waals surface area contributed by atoms with Crippen LogP contribution in [0.25, 0.3) is 0 Å². The number of unbranched alkanes of at least 4 members (excludes halogenated alkanes) is 38. The van der Waals surface area contributed by atoms with Gasteiger partial charge in [-0.25, -0.2) is 4.57 Å². The number of hydrogen-bond donors (Lipinski definition) is 6. The van der Waals surface area contributed by atoms with E-state index in [1.807, 2.05) is 0 Å². The molecular weight excluding hydrogens is 936 g/mol. The average molecular weight is 1050 g/mol. The lowest BCUT2D eigenvalue weighted by molar-refractivity contribution is -0.220. The van der Waals surface area contributed by atoms with Gasteiger partial charge in [-0.1, -0.05) is 251 Å². The Bertz CT molecular complexity index is 1300. The molecule has 0 bridgehead atoms. The fourth-order valence-electron chi connectivity index (χ4n) is 9.58. The molecule has 6 N–H and O–H groups in total. The van der Waals surface area contributed by atoms with Crippen molar-refractivity contribution in [1.29, 1.82) is 0 Å². The predicted molar refractivity (Wildman–Crippen MR) is 291 cm³/mol. The molecule has 1 fully saturated rings. The topological polar surface area (TPSA) is 210 Å². The van der Waals surface area contributed by atoms with Crippen molar-refractivity contribution >= 4 is 19.8 Å². The summed E-state index contributed by atoms with van der Waals surface area (Å²) in [5.41, 5.74) is 0. The summed E-state index contributed by atoms with van der Waals surface area (Å²) in [6, 6.07) is 0. The first kappa shape index (κ1) is 68.6. The van der Waals surface area contributed by atoms with Crippen LogP contribution in [-0.2, 0) is 32.7 Å². The number of hydrogen-bond acceptors (Lipinski definition) is 12. The summed E-state index contributed by atoms with van der Waals surface area (Å²) in [4.78, 5) is 36.0. The van der Waals surface area contributed by atoms with Crippen LogP contribution in [0.3, 0.4) is 0 Å². The van der Waals surface area contributed by atoms with Gasteiger partial charge in [-0.05, 0) is 38.5 Å².